The number of carbonyl (C=O) groups is 2. The highest BCUT2D eigenvalue weighted by atomic mass is 32.2. The molecule has 30 heavy (non-hydrogen) atoms. The van der Waals surface area contributed by atoms with E-state index in [-0.39, 0.29) is 17.4 Å². The van der Waals surface area contributed by atoms with Crippen molar-refractivity contribution in [2.45, 2.75) is 73.6 Å². The Bertz CT molecular complexity index is 708. The fourth-order valence-corrected chi connectivity index (χ4v) is 3.29. The normalized spacial score (nSPS) is 12.4. The van der Waals surface area contributed by atoms with Gasteiger partial charge < -0.3 is 5.11 Å². The summed E-state index contributed by atoms with van der Waals surface area (Å²) in [5.41, 5.74) is 7.56. The number of nitrogens with zero attached hydrogens (tertiary/aromatic N) is 1. The third-order valence-corrected chi connectivity index (χ3v) is 5.03. The van der Waals surface area contributed by atoms with E-state index in [0.29, 0.717) is 5.75 Å². The van der Waals surface area contributed by atoms with E-state index >= 15 is 0 Å². The van der Waals surface area contributed by atoms with Crippen molar-refractivity contribution in [3.8, 4) is 0 Å². The summed E-state index contributed by atoms with van der Waals surface area (Å²) < 4.78 is 0. The van der Waals surface area contributed by atoms with Crippen LogP contribution in [0.4, 0.5) is 0 Å². The monoisotopic (exact) mass is 434 g/mol. The average Bonchev–Trinajstić information content (AvgIpc) is 2.63. The minimum Gasteiger partial charge on any atom is -0.477 e. The van der Waals surface area contributed by atoms with Crippen LogP contribution in [-0.2, 0) is 9.59 Å². The number of rotatable bonds is 14. The molecule has 0 fully saturated rings. The Kier molecular flexibility index (Phi) is 15.5. The molecule has 0 saturated carbocycles. The van der Waals surface area contributed by atoms with Crippen LogP contribution in [0.2, 0.25) is 0 Å². The summed E-state index contributed by atoms with van der Waals surface area (Å²) >= 11 is 1.48. The van der Waals surface area contributed by atoms with Gasteiger partial charge in [0.25, 0.3) is 0 Å². The lowest BCUT2D eigenvalue weighted by molar-refractivity contribution is -0.129. The summed E-state index contributed by atoms with van der Waals surface area (Å²) in [6, 6.07) is 0. The van der Waals surface area contributed by atoms with Crippen molar-refractivity contribution in [2.24, 2.45) is 5.10 Å². The van der Waals surface area contributed by atoms with E-state index in [1.54, 1.807) is 0 Å². The molecule has 0 spiro atoms. The Morgan fingerprint density at radius 3 is 2.10 bits per heavy atom. The molecule has 1 amide bonds. The largest absolute Gasteiger partial charge is 0.477 e. The molecule has 0 aromatic carbocycles. The van der Waals surface area contributed by atoms with Crippen LogP contribution >= 0.6 is 11.8 Å². The molecule has 0 rings (SSSR count). The first kappa shape index (κ1) is 27.9. The van der Waals surface area contributed by atoms with Gasteiger partial charge in [-0.25, -0.2) is 10.2 Å². The highest BCUT2D eigenvalue weighted by molar-refractivity contribution is 8.00. The molecule has 0 aliphatic heterocycles. The third kappa shape index (κ3) is 16.8. The van der Waals surface area contributed by atoms with Gasteiger partial charge in [0.2, 0.25) is 5.91 Å². The number of nitrogens with one attached hydrogen (secondary N) is 1. The van der Waals surface area contributed by atoms with E-state index in [9.17, 15) is 14.7 Å². The maximum Gasteiger partial charge on any atom is 0.352 e. The molecule has 5 nitrogen and oxygen atoms in total. The molecule has 2 N–H and O–H groups in total. The molecule has 0 radical (unpaired) electrons. The SMILES string of the molecule is CC(=O)N/N=C(/CSCC=C(CC=C(C)C)CCC=C(C)CCC=C(C)C)C(=O)O. The summed E-state index contributed by atoms with van der Waals surface area (Å²) in [4.78, 5) is 22.1. The predicted molar refractivity (Wildman–Crippen MR) is 130 cm³/mol. The quantitative estimate of drug-likeness (QED) is 0.151. The number of hydrazone groups is 1. The maximum atomic E-state index is 11.2. The number of amides is 1. The van der Waals surface area contributed by atoms with E-state index in [0.717, 1.165) is 32.1 Å². The first-order valence-corrected chi connectivity index (χ1v) is 11.5. The van der Waals surface area contributed by atoms with Crippen LogP contribution in [0.15, 0.2) is 51.7 Å². The van der Waals surface area contributed by atoms with Gasteiger partial charge in [0, 0.05) is 18.4 Å². The van der Waals surface area contributed by atoms with Crippen LogP contribution in [0, 0.1) is 0 Å². The highest BCUT2D eigenvalue weighted by Crippen LogP contribution is 2.17. The zero-order valence-electron chi connectivity index (χ0n) is 19.4. The molecule has 0 bridgehead atoms. The van der Waals surface area contributed by atoms with Crippen molar-refractivity contribution in [3.05, 3.63) is 46.6 Å². The first-order chi connectivity index (χ1) is 14.1. The molecule has 0 aromatic rings. The Labute approximate surface area is 186 Å². The lowest BCUT2D eigenvalue weighted by Gasteiger charge is -2.06. The number of carbonyl (C=O) groups excluding carboxylic acids is 1. The van der Waals surface area contributed by atoms with Crippen LogP contribution in [-0.4, -0.2) is 34.2 Å². The number of carboxylic acid groups (broad SMARTS) is 1. The predicted octanol–water partition coefficient (Wildman–Crippen LogP) is 6.05. The second-order valence-electron chi connectivity index (χ2n) is 7.80. The van der Waals surface area contributed by atoms with Crippen molar-refractivity contribution < 1.29 is 14.7 Å². The molecule has 0 aromatic heterocycles. The Morgan fingerprint density at radius 1 is 0.900 bits per heavy atom. The van der Waals surface area contributed by atoms with Crippen molar-refractivity contribution in [3.63, 3.8) is 0 Å². The molecule has 0 atom stereocenters. The fraction of sp³-hybridized carbons (Fsp3) is 0.542. The van der Waals surface area contributed by atoms with Gasteiger partial charge in [-0.3, -0.25) is 4.79 Å². The molecule has 0 unspecified atom stereocenters. The van der Waals surface area contributed by atoms with Crippen LogP contribution < -0.4 is 5.43 Å². The van der Waals surface area contributed by atoms with Crippen molar-refractivity contribution in [1.82, 2.24) is 5.43 Å². The smallest absolute Gasteiger partial charge is 0.352 e. The van der Waals surface area contributed by atoms with Gasteiger partial charge in [0.15, 0.2) is 5.71 Å². The fourth-order valence-electron chi connectivity index (χ4n) is 2.44. The van der Waals surface area contributed by atoms with Gasteiger partial charge in [0.1, 0.15) is 0 Å². The van der Waals surface area contributed by atoms with Crippen molar-refractivity contribution in [1.29, 1.82) is 0 Å². The van der Waals surface area contributed by atoms with Gasteiger partial charge in [-0.15, -0.1) is 0 Å². The summed E-state index contributed by atoms with van der Waals surface area (Å²) in [5, 5.41) is 12.8. The average molecular weight is 435 g/mol. The number of thioether (sulfide) groups is 1. The third-order valence-electron chi connectivity index (χ3n) is 4.15. The van der Waals surface area contributed by atoms with Gasteiger partial charge >= 0.3 is 5.97 Å². The molecule has 0 heterocycles. The second-order valence-corrected chi connectivity index (χ2v) is 8.83. The van der Waals surface area contributed by atoms with E-state index in [1.807, 2.05) is 0 Å². The Morgan fingerprint density at radius 2 is 1.53 bits per heavy atom. The standard InChI is InChI=1S/C24H38N2O3S/c1-18(2)9-7-10-20(5)11-8-12-22(14-13-19(3)4)15-16-30-17-23(24(28)29)26-25-21(6)27/h9,11,13,15H,7-8,10,12,14,16-17H2,1-6H3,(H,25,27)(H,28,29)/b20-11?,22-15?,26-23-. The van der Waals surface area contributed by atoms with Crippen LogP contribution in [0.1, 0.15) is 73.6 Å². The Hall–Kier alpha value is -2.08. The van der Waals surface area contributed by atoms with E-state index < -0.39 is 5.97 Å². The van der Waals surface area contributed by atoms with Crippen LogP contribution in [0.3, 0.4) is 0 Å². The minimum absolute atomic E-state index is 0.0515. The summed E-state index contributed by atoms with van der Waals surface area (Å²) in [6.45, 7) is 11.9. The van der Waals surface area contributed by atoms with Gasteiger partial charge in [0.05, 0.1) is 0 Å². The topological polar surface area (TPSA) is 78.8 Å². The zero-order valence-corrected chi connectivity index (χ0v) is 20.2. The molecule has 0 aliphatic rings. The molecular formula is C24H38N2O3S. The van der Waals surface area contributed by atoms with Crippen molar-refractivity contribution >= 4 is 29.4 Å². The lowest BCUT2D eigenvalue weighted by atomic mass is 10.0. The summed E-state index contributed by atoms with van der Waals surface area (Å²) in [5.74, 6) is -0.543. The highest BCUT2D eigenvalue weighted by Gasteiger charge is 2.09. The van der Waals surface area contributed by atoms with E-state index in [2.05, 4.69) is 69.4 Å². The van der Waals surface area contributed by atoms with Crippen LogP contribution in [0.25, 0.3) is 0 Å². The number of hydrogen-bond acceptors (Lipinski definition) is 4. The maximum absolute atomic E-state index is 11.2. The van der Waals surface area contributed by atoms with E-state index in [4.69, 9.17) is 0 Å². The lowest BCUT2D eigenvalue weighted by Crippen LogP contribution is -2.23. The number of hydrogen-bond donors (Lipinski definition) is 2. The van der Waals surface area contributed by atoms with Gasteiger partial charge in [-0.05, 0) is 66.7 Å². The number of aliphatic carboxylic acids is 1. The number of carboxylic acids is 1. The molecular weight excluding hydrogens is 396 g/mol. The first-order valence-electron chi connectivity index (χ1n) is 10.4. The summed E-state index contributed by atoms with van der Waals surface area (Å²) in [6.07, 6.45) is 14.1. The molecule has 6 heteroatoms. The summed E-state index contributed by atoms with van der Waals surface area (Å²) in [7, 11) is 0. The molecule has 0 aliphatic carbocycles. The van der Waals surface area contributed by atoms with Crippen molar-refractivity contribution in [2.75, 3.05) is 11.5 Å². The van der Waals surface area contributed by atoms with Gasteiger partial charge in [-0.1, -0.05) is 46.6 Å². The second kappa shape index (κ2) is 16.7. The Balaban J connectivity index is 4.76. The minimum atomic E-state index is -1.11. The molecule has 0 saturated heterocycles. The molecule has 168 valence electrons. The number of allylic oxidation sites excluding steroid dienone is 7. The van der Waals surface area contributed by atoms with Gasteiger partial charge in [-0.2, -0.15) is 16.9 Å². The zero-order chi connectivity index (χ0) is 22.9. The van der Waals surface area contributed by atoms with E-state index in [1.165, 1.54) is 41.0 Å². The van der Waals surface area contributed by atoms with Crippen LogP contribution in [0.5, 0.6) is 0 Å².